The predicted octanol–water partition coefficient (Wildman–Crippen LogP) is 2.77. The van der Waals surface area contributed by atoms with Crippen molar-refractivity contribution in [3.05, 3.63) is 53.6 Å². The van der Waals surface area contributed by atoms with Gasteiger partial charge in [-0.2, -0.15) is 0 Å². The number of aliphatic hydroxyl groups excluding tert-OH is 1. The normalized spacial score (nSPS) is 12.0. The number of rotatable bonds is 6. The van der Waals surface area contributed by atoms with Crippen LogP contribution in [0.1, 0.15) is 28.7 Å². The fourth-order valence-corrected chi connectivity index (χ4v) is 1.69. The Kier molecular flexibility index (Phi) is 5.83. The van der Waals surface area contributed by atoms with Crippen LogP contribution in [0.5, 0.6) is 0 Å². The van der Waals surface area contributed by atoms with Crippen LogP contribution in [0.25, 0.3) is 12.2 Å². The Morgan fingerprint density at radius 3 is 2.59 bits per heavy atom. The van der Waals surface area contributed by atoms with Crippen molar-refractivity contribution in [3.63, 3.8) is 0 Å². The van der Waals surface area contributed by atoms with E-state index in [1.165, 1.54) is 12.2 Å². The van der Waals surface area contributed by atoms with E-state index in [0.717, 1.165) is 0 Å². The molecular weight excluding hydrogens is 280 g/mol. The number of nitrogens with two attached hydrogens (primary N) is 2. The first kappa shape index (κ1) is 16.9. The van der Waals surface area contributed by atoms with Crippen molar-refractivity contribution in [1.82, 2.24) is 4.98 Å². The molecule has 0 fully saturated rings. The second-order valence-electron chi connectivity index (χ2n) is 4.18. The van der Waals surface area contributed by atoms with Crippen molar-refractivity contribution in [2.75, 3.05) is 5.73 Å². The Morgan fingerprint density at radius 1 is 1.41 bits per heavy atom. The molecule has 22 heavy (non-hydrogen) atoms. The Hall–Kier alpha value is -3.15. The maximum absolute atomic E-state index is 11.4. The molecule has 0 saturated carbocycles. The van der Waals surface area contributed by atoms with Crippen LogP contribution in [-0.4, -0.2) is 22.7 Å². The maximum atomic E-state index is 11.4. The predicted molar refractivity (Wildman–Crippen MR) is 91.0 cm³/mol. The number of carbonyl (C=O) groups is 1. The number of hydrogen-bond acceptors (Lipinski definition) is 5. The van der Waals surface area contributed by atoms with Gasteiger partial charge in [-0.15, -0.1) is 0 Å². The molecule has 5 N–H and O–H groups in total. The van der Waals surface area contributed by atoms with Crippen molar-refractivity contribution in [1.29, 1.82) is 0 Å². The largest absolute Gasteiger partial charge is 0.508 e. The van der Waals surface area contributed by atoms with E-state index in [1.54, 1.807) is 31.2 Å². The number of aliphatic imine (C=N–C) groups is 1. The van der Waals surface area contributed by atoms with Gasteiger partial charge in [0.1, 0.15) is 5.76 Å². The molecule has 1 aromatic heterocycles. The number of nitrogens with zero attached hydrogens (tertiary/aromatic N) is 2. The Bertz CT molecular complexity index is 701. The van der Waals surface area contributed by atoms with Crippen LogP contribution in [-0.2, 0) is 0 Å². The molecule has 0 aromatic carbocycles. The minimum atomic E-state index is -0.743. The highest BCUT2D eigenvalue weighted by Gasteiger charge is 2.17. The van der Waals surface area contributed by atoms with Gasteiger partial charge in [0.05, 0.1) is 17.1 Å². The van der Waals surface area contributed by atoms with Gasteiger partial charge in [-0.3, -0.25) is 9.79 Å². The number of carbonyl (C=O) groups excluding carboxylic acids is 1. The van der Waals surface area contributed by atoms with Crippen molar-refractivity contribution >= 4 is 36.2 Å². The van der Waals surface area contributed by atoms with E-state index in [2.05, 4.69) is 23.3 Å². The highest BCUT2D eigenvalue weighted by atomic mass is 16.3. The molecule has 1 rings (SSSR count). The summed E-state index contributed by atoms with van der Waals surface area (Å²) in [7, 11) is 0. The van der Waals surface area contributed by atoms with Gasteiger partial charge in [0, 0.05) is 5.56 Å². The summed E-state index contributed by atoms with van der Waals surface area (Å²) in [6, 6.07) is 0. The van der Waals surface area contributed by atoms with E-state index in [-0.39, 0.29) is 17.1 Å². The number of primary amides is 1. The highest BCUT2D eigenvalue weighted by Crippen LogP contribution is 2.31. The molecule has 0 bridgehead atoms. The summed E-state index contributed by atoms with van der Waals surface area (Å²) in [5.74, 6) is -0.619. The SMILES string of the molecule is C=Cc1nc(C(N)=O)c(N)c(/C=C/C=C\C(O)=C\C)c1N=C. The zero-order valence-corrected chi connectivity index (χ0v) is 12.3. The van der Waals surface area contributed by atoms with Gasteiger partial charge in [-0.25, -0.2) is 4.98 Å². The smallest absolute Gasteiger partial charge is 0.269 e. The summed E-state index contributed by atoms with van der Waals surface area (Å²) in [4.78, 5) is 19.3. The lowest BCUT2D eigenvalue weighted by atomic mass is 10.1. The van der Waals surface area contributed by atoms with Gasteiger partial charge in [0.25, 0.3) is 5.91 Å². The van der Waals surface area contributed by atoms with Crippen molar-refractivity contribution in [2.24, 2.45) is 10.7 Å². The van der Waals surface area contributed by atoms with Crippen molar-refractivity contribution in [2.45, 2.75) is 6.92 Å². The molecule has 0 saturated heterocycles. The summed E-state index contributed by atoms with van der Waals surface area (Å²) >= 11 is 0. The van der Waals surface area contributed by atoms with E-state index in [9.17, 15) is 9.90 Å². The minimum Gasteiger partial charge on any atom is -0.508 e. The van der Waals surface area contributed by atoms with Crippen LogP contribution in [0.4, 0.5) is 11.4 Å². The van der Waals surface area contributed by atoms with Gasteiger partial charge in [-0.1, -0.05) is 24.8 Å². The third-order valence-electron chi connectivity index (χ3n) is 2.80. The van der Waals surface area contributed by atoms with Gasteiger partial charge >= 0.3 is 0 Å². The second-order valence-corrected chi connectivity index (χ2v) is 4.18. The summed E-state index contributed by atoms with van der Waals surface area (Å²) in [6.45, 7) is 8.80. The minimum absolute atomic E-state index is 0.0535. The Labute approximate surface area is 128 Å². The first-order valence-corrected chi connectivity index (χ1v) is 6.38. The summed E-state index contributed by atoms with van der Waals surface area (Å²) in [5, 5.41) is 9.31. The number of pyridine rings is 1. The van der Waals surface area contributed by atoms with E-state index in [0.29, 0.717) is 16.9 Å². The topological polar surface area (TPSA) is 115 Å². The number of aliphatic hydroxyl groups is 1. The monoisotopic (exact) mass is 298 g/mol. The molecule has 0 spiro atoms. The molecule has 6 nitrogen and oxygen atoms in total. The van der Waals surface area contributed by atoms with E-state index in [4.69, 9.17) is 11.5 Å². The average molecular weight is 298 g/mol. The lowest BCUT2D eigenvalue weighted by Gasteiger charge is -2.11. The molecule has 114 valence electrons. The molecule has 0 atom stereocenters. The van der Waals surface area contributed by atoms with Crippen LogP contribution in [0.3, 0.4) is 0 Å². The number of anilines is 1. The lowest BCUT2D eigenvalue weighted by molar-refractivity contribution is 0.0996. The third kappa shape index (κ3) is 3.69. The quantitative estimate of drug-likeness (QED) is 0.425. The molecule has 1 amide bonds. The second kappa shape index (κ2) is 7.58. The molecule has 1 aromatic rings. The standard InChI is InChI=1S/C16H18N4O2/c1-4-10(21)8-6-7-9-11-13(17)15(16(18)22)20-12(5-2)14(11)19-3/h4-9,21H,2-3,17H2,1H3,(H2,18,22)/b8-6-,9-7+,10-4-. The zero-order chi connectivity index (χ0) is 16.7. The van der Waals surface area contributed by atoms with E-state index < -0.39 is 5.91 Å². The zero-order valence-electron chi connectivity index (χ0n) is 12.3. The van der Waals surface area contributed by atoms with Gasteiger partial charge in [0.2, 0.25) is 0 Å². The number of hydrogen-bond donors (Lipinski definition) is 3. The maximum Gasteiger partial charge on any atom is 0.269 e. The van der Waals surface area contributed by atoms with Crippen LogP contribution >= 0.6 is 0 Å². The molecule has 6 heteroatoms. The highest BCUT2D eigenvalue weighted by molar-refractivity contribution is 6.00. The first-order valence-electron chi connectivity index (χ1n) is 6.38. The van der Waals surface area contributed by atoms with Crippen LogP contribution in [0.2, 0.25) is 0 Å². The summed E-state index contributed by atoms with van der Waals surface area (Å²) in [6.07, 6.45) is 9.35. The molecule has 0 unspecified atom stereocenters. The van der Waals surface area contributed by atoms with E-state index >= 15 is 0 Å². The molecule has 0 radical (unpaired) electrons. The summed E-state index contributed by atoms with van der Waals surface area (Å²) < 4.78 is 0. The average Bonchev–Trinajstić information content (AvgIpc) is 2.51. The molecule has 1 heterocycles. The molecule has 0 aliphatic carbocycles. The lowest BCUT2D eigenvalue weighted by Crippen LogP contribution is -2.17. The summed E-state index contributed by atoms with van der Waals surface area (Å²) in [5.41, 5.74) is 12.5. The molecule has 0 aliphatic heterocycles. The fourth-order valence-electron chi connectivity index (χ4n) is 1.69. The van der Waals surface area contributed by atoms with Crippen LogP contribution in [0.15, 0.2) is 41.6 Å². The molecular formula is C16H18N4O2. The van der Waals surface area contributed by atoms with Gasteiger partial charge < -0.3 is 16.6 Å². The van der Waals surface area contributed by atoms with Crippen molar-refractivity contribution < 1.29 is 9.90 Å². The number of amides is 1. The number of aromatic nitrogens is 1. The Balaban J connectivity index is 3.43. The van der Waals surface area contributed by atoms with E-state index in [1.807, 2.05) is 0 Å². The fraction of sp³-hybridized carbons (Fsp3) is 0.0625. The third-order valence-corrected chi connectivity index (χ3v) is 2.80. The van der Waals surface area contributed by atoms with Crippen LogP contribution in [0, 0.1) is 0 Å². The van der Waals surface area contributed by atoms with Gasteiger partial charge in [0.15, 0.2) is 5.69 Å². The Morgan fingerprint density at radius 2 is 2.09 bits per heavy atom. The van der Waals surface area contributed by atoms with Crippen LogP contribution < -0.4 is 11.5 Å². The first-order chi connectivity index (χ1) is 10.5. The number of allylic oxidation sites excluding steroid dienone is 4. The van der Waals surface area contributed by atoms with Crippen molar-refractivity contribution in [3.8, 4) is 0 Å². The molecule has 0 aliphatic rings. The number of nitrogen functional groups attached to an aromatic ring is 1. The van der Waals surface area contributed by atoms with Gasteiger partial charge in [-0.05, 0) is 31.9 Å².